The molecule has 0 spiro atoms. The van der Waals surface area contributed by atoms with Crippen molar-refractivity contribution in [1.29, 1.82) is 0 Å². The number of amides is 1. The van der Waals surface area contributed by atoms with Gasteiger partial charge in [0.1, 0.15) is 0 Å². The van der Waals surface area contributed by atoms with Gasteiger partial charge in [0.25, 0.3) is 0 Å². The van der Waals surface area contributed by atoms with Crippen molar-refractivity contribution in [2.24, 2.45) is 10.7 Å². The van der Waals surface area contributed by atoms with Crippen LogP contribution in [0.5, 0.6) is 0 Å². The van der Waals surface area contributed by atoms with E-state index in [1.54, 1.807) is 12.1 Å². The molecule has 0 atom stereocenters. The van der Waals surface area contributed by atoms with E-state index in [2.05, 4.69) is 47.7 Å². The van der Waals surface area contributed by atoms with Crippen LogP contribution in [0.2, 0.25) is 0 Å². The molecule has 0 aromatic heterocycles. The number of carbonyl (C=O) groups excluding carboxylic acids is 1. The first-order valence-electron chi connectivity index (χ1n) is 8.96. The second-order valence-electron chi connectivity index (χ2n) is 6.43. The van der Waals surface area contributed by atoms with Crippen molar-refractivity contribution < 1.29 is 4.79 Å². The summed E-state index contributed by atoms with van der Waals surface area (Å²) in [5.41, 5.74) is 10.7. The Kier molecular flexibility index (Phi) is 7.21. The minimum Gasteiger partial charge on any atom is -0.366 e. The highest BCUT2D eigenvalue weighted by Crippen LogP contribution is 2.09. The molecule has 0 bridgehead atoms. The average Bonchev–Trinajstić information content (AvgIpc) is 2.59. The van der Waals surface area contributed by atoms with Crippen LogP contribution in [0.3, 0.4) is 0 Å². The van der Waals surface area contributed by atoms with E-state index in [1.807, 2.05) is 19.1 Å². The minimum absolute atomic E-state index is 0.422. The molecule has 2 aromatic carbocycles. The summed E-state index contributed by atoms with van der Waals surface area (Å²) < 4.78 is 0. The summed E-state index contributed by atoms with van der Waals surface area (Å²) in [5.74, 6) is 0.343. The van der Waals surface area contributed by atoms with E-state index in [1.165, 1.54) is 16.7 Å². The fourth-order valence-electron chi connectivity index (χ4n) is 2.87. The third-order valence-corrected chi connectivity index (χ3v) is 3.96. The number of benzene rings is 2. The van der Waals surface area contributed by atoms with Gasteiger partial charge in [-0.2, -0.15) is 0 Å². The van der Waals surface area contributed by atoms with E-state index in [-0.39, 0.29) is 0 Å². The van der Waals surface area contributed by atoms with Gasteiger partial charge in [-0.1, -0.05) is 41.5 Å². The Morgan fingerprint density at radius 3 is 2.42 bits per heavy atom. The zero-order valence-electron chi connectivity index (χ0n) is 15.8. The van der Waals surface area contributed by atoms with Gasteiger partial charge < -0.3 is 16.4 Å². The SMILES string of the molecule is CCNC(=NCc1cccc(C(N)=O)c1)NCCc1cc(C)cc(C)c1. The second kappa shape index (κ2) is 9.61. The van der Waals surface area contributed by atoms with E-state index in [4.69, 9.17) is 5.73 Å². The maximum absolute atomic E-state index is 11.3. The molecule has 138 valence electrons. The quantitative estimate of drug-likeness (QED) is 0.529. The predicted octanol–water partition coefficient (Wildman–Crippen LogP) is 2.70. The van der Waals surface area contributed by atoms with Crippen LogP contribution in [0.15, 0.2) is 47.5 Å². The van der Waals surface area contributed by atoms with Crippen LogP contribution >= 0.6 is 0 Å². The van der Waals surface area contributed by atoms with Gasteiger partial charge in [-0.3, -0.25) is 4.79 Å². The Bertz CT molecular complexity index is 763. The van der Waals surface area contributed by atoms with Gasteiger partial charge in [0.05, 0.1) is 6.54 Å². The molecule has 0 heterocycles. The van der Waals surface area contributed by atoms with E-state index in [0.717, 1.165) is 31.0 Å². The number of nitrogens with two attached hydrogens (primary N) is 1. The summed E-state index contributed by atoms with van der Waals surface area (Å²) >= 11 is 0. The summed E-state index contributed by atoms with van der Waals surface area (Å²) in [6.45, 7) is 8.35. The largest absolute Gasteiger partial charge is 0.366 e. The number of hydrogen-bond acceptors (Lipinski definition) is 2. The number of nitrogens with one attached hydrogen (secondary N) is 2. The zero-order valence-corrected chi connectivity index (χ0v) is 15.8. The Labute approximate surface area is 155 Å². The fourth-order valence-corrected chi connectivity index (χ4v) is 2.87. The molecule has 26 heavy (non-hydrogen) atoms. The van der Waals surface area contributed by atoms with Crippen LogP contribution < -0.4 is 16.4 Å². The van der Waals surface area contributed by atoms with Crippen LogP contribution in [-0.2, 0) is 13.0 Å². The van der Waals surface area contributed by atoms with E-state index in [9.17, 15) is 4.79 Å². The third kappa shape index (κ3) is 6.24. The number of primary amides is 1. The van der Waals surface area contributed by atoms with Gasteiger partial charge in [-0.15, -0.1) is 0 Å². The van der Waals surface area contributed by atoms with Crippen molar-refractivity contribution in [3.63, 3.8) is 0 Å². The molecule has 0 aliphatic heterocycles. The molecule has 1 amide bonds. The smallest absolute Gasteiger partial charge is 0.248 e. The van der Waals surface area contributed by atoms with Crippen LogP contribution in [-0.4, -0.2) is 25.0 Å². The van der Waals surface area contributed by atoms with E-state index < -0.39 is 5.91 Å². The lowest BCUT2D eigenvalue weighted by Crippen LogP contribution is -2.38. The first-order valence-corrected chi connectivity index (χ1v) is 8.96. The Morgan fingerprint density at radius 2 is 1.77 bits per heavy atom. The highest BCUT2D eigenvalue weighted by molar-refractivity contribution is 5.92. The average molecular weight is 352 g/mol. The second-order valence-corrected chi connectivity index (χ2v) is 6.43. The van der Waals surface area contributed by atoms with E-state index >= 15 is 0 Å². The standard InChI is InChI=1S/C21H28N4O/c1-4-23-21(24-9-8-17-11-15(2)10-16(3)12-17)25-14-18-6-5-7-19(13-18)20(22)26/h5-7,10-13H,4,8-9,14H2,1-3H3,(H2,22,26)(H2,23,24,25). The van der Waals surface area contributed by atoms with Crippen molar-refractivity contribution in [1.82, 2.24) is 10.6 Å². The molecule has 4 N–H and O–H groups in total. The van der Waals surface area contributed by atoms with Gasteiger partial charge in [0.2, 0.25) is 5.91 Å². The zero-order chi connectivity index (χ0) is 18.9. The molecule has 5 nitrogen and oxygen atoms in total. The van der Waals surface area contributed by atoms with Crippen molar-refractivity contribution in [3.8, 4) is 0 Å². The lowest BCUT2D eigenvalue weighted by atomic mass is 10.1. The van der Waals surface area contributed by atoms with Crippen LogP contribution in [0.1, 0.15) is 39.5 Å². The predicted molar refractivity (Wildman–Crippen MR) is 107 cm³/mol. The van der Waals surface area contributed by atoms with Gasteiger partial charge in [0.15, 0.2) is 5.96 Å². The molecule has 5 heteroatoms. The van der Waals surface area contributed by atoms with Gasteiger partial charge in [-0.25, -0.2) is 4.99 Å². The number of hydrogen-bond donors (Lipinski definition) is 3. The number of rotatable bonds is 7. The van der Waals surface area contributed by atoms with Gasteiger partial charge in [0, 0.05) is 18.7 Å². The summed E-state index contributed by atoms with van der Waals surface area (Å²) in [4.78, 5) is 15.9. The van der Waals surface area contributed by atoms with Gasteiger partial charge in [-0.05, 0) is 50.5 Å². The monoisotopic (exact) mass is 352 g/mol. The summed E-state index contributed by atoms with van der Waals surface area (Å²) in [6, 6.07) is 13.9. The maximum Gasteiger partial charge on any atom is 0.248 e. The molecule has 0 aliphatic carbocycles. The Hall–Kier alpha value is -2.82. The van der Waals surface area contributed by atoms with Crippen LogP contribution in [0.4, 0.5) is 0 Å². The Morgan fingerprint density at radius 1 is 1.04 bits per heavy atom. The molecule has 0 unspecified atom stereocenters. The maximum atomic E-state index is 11.3. The van der Waals surface area contributed by atoms with Crippen molar-refractivity contribution >= 4 is 11.9 Å². The fraction of sp³-hybridized carbons (Fsp3) is 0.333. The first-order chi connectivity index (χ1) is 12.5. The number of carbonyl (C=O) groups is 1. The third-order valence-electron chi connectivity index (χ3n) is 3.96. The van der Waals surface area contributed by atoms with E-state index in [0.29, 0.717) is 12.1 Å². The molecule has 0 fully saturated rings. The molecule has 0 radical (unpaired) electrons. The number of guanidine groups is 1. The summed E-state index contributed by atoms with van der Waals surface area (Å²) in [6.07, 6.45) is 0.935. The highest BCUT2D eigenvalue weighted by atomic mass is 16.1. The normalized spacial score (nSPS) is 11.3. The van der Waals surface area contributed by atoms with Gasteiger partial charge >= 0.3 is 0 Å². The highest BCUT2D eigenvalue weighted by Gasteiger charge is 2.02. The number of aliphatic imine (C=N–C) groups is 1. The molecule has 2 aromatic rings. The summed E-state index contributed by atoms with van der Waals surface area (Å²) in [7, 11) is 0. The topological polar surface area (TPSA) is 79.5 Å². The molecule has 0 saturated heterocycles. The molecular formula is C21H28N4O. The molecular weight excluding hydrogens is 324 g/mol. The van der Waals surface area contributed by atoms with Crippen LogP contribution in [0, 0.1) is 13.8 Å². The molecule has 0 aliphatic rings. The number of nitrogens with zero attached hydrogens (tertiary/aromatic N) is 1. The lowest BCUT2D eigenvalue weighted by Gasteiger charge is -2.12. The molecule has 2 rings (SSSR count). The van der Waals surface area contributed by atoms with Crippen molar-refractivity contribution in [3.05, 3.63) is 70.3 Å². The lowest BCUT2D eigenvalue weighted by molar-refractivity contribution is 0.1000. The van der Waals surface area contributed by atoms with Crippen molar-refractivity contribution in [2.75, 3.05) is 13.1 Å². The van der Waals surface area contributed by atoms with Crippen LogP contribution in [0.25, 0.3) is 0 Å². The Balaban J connectivity index is 1.95. The first kappa shape index (κ1) is 19.5. The minimum atomic E-state index is -0.422. The summed E-state index contributed by atoms with van der Waals surface area (Å²) in [5, 5.41) is 6.61. The number of aryl methyl sites for hydroxylation is 2. The van der Waals surface area contributed by atoms with Crippen molar-refractivity contribution in [2.45, 2.75) is 33.7 Å². The molecule has 0 saturated carbocycles.